The van der Waals surface area contributed by atoms with Crippen LogP contribution in [0.2, 0.25) is 0 Å². The summed E-state index contributed by atoms with van der Waals surface area (Å²) < 4.78 is 0. The van der Waals surface area contributed by atoms with Crippen LogP contribution in [-0.2, 0) is 4.79 Å². The molecule has 0 aromatic heterocycles. The molecule has 1 fully saturated rings. The molecule has 1 saturated carbocycles. The molecule has 1 rings (SSSR count). The third-order valence-corrected chi connectivity index (χ3v) is 3.15. The number of nitrogens with two attached hydrogens (primary N) is 1. The molecule has 2 heteroatoms. The standard InChI is InChI=1S/C11H21NO/c1-8(2)11(13)10-5-3-9(7-12)4-6-10/h8-10H,3-7,12H2,1-2H3. The fourth-order valence-corrected chi connectivity index (χ4v) is 2.15. The fourth-order valence-electron chi connectivity index (χ4n) is 2.15. The lowest BCUT2D eigenvalue weighted by Gasteiger charge is -2.27. The van der Waals surface area contributed by atoms with Crippen LogP contribution < -0.4 is 5.73 Å². The molecule has 0 atom stereocenters. The van der Waals surface area contributed by atoms with E-state index in [1.807, 2.05) is 13.8 Å². The van der Waals surface area contributed by atoms with Crippen LogP contribution in [0, 0.1) is 17.8 Å². The van der Waals surface area contributed by atoms with Gasteiger partial charge in [0.1, 0.15) is 5.78 Å². The summed E-state index contributed by atoms with van der Waals surface area (Å²) in [5.41, 5.74) is 5.60. The van der Waals surface area contributed by atoms with Crippen molar-refractivity contribution < 1.29 is 4.79 Å². The van der Waals surface area contributed by atoms with Crippen LogP contribution in [0.4, 0.5) is 0 Å². The molecule has 1 aliphatic rings. The SMILES string of the molecule is CC(C)C(=O)C1CCC(CN)CC1. The van der Waals surface area contributed by atoms with Crippen LogP contribution in [-0.4, -0.2) is 12.3 Å². The van der Waals surface area contributed by atoms with Crippen molar-refractivity contribution in [2.24, 2.45) is 23.5 Å². The molecule has 0 bridgehead atoms. The first-order valence-electron chi connectivity index (χ1n) is 5.39. The number of rotatable bonds is 3. The van der Waals surface area contributed by atoms with E-state index >= 15 is 0 Å². The highest BCUT2D eigenvalue weighted by atomic mass is 16.1. The first kappa shape index (κ1) is 10.7. The van der Waals surface area contributed by atoms with E-state index in [9.17, 15) is 4.79 Å². The number of carbonyl (C=O) groups is 1. The van der Waals surface area contributed by atoms with Gasteiger partial charge in [-0.25, -0.2) is 0 Å². The molecule has 0 amide bonds. The lowest BCUT2D eigenvalue weighted by atomic mass is 9.78. The third-order valence-electron chi connectivity index (χ3n) is 3.15. The van der Waals surface area contributed by atoms with Gasteiger partial charge in [-0.3, -0.25) is 4.79 Å². The van der Waals surface area contributed by atoms with Crippen molar-refractivity contribution in [2.45, 2.75) is 39.5 Å². The van der Waals surface area contributed by atoms with Crippen molar-refractivity contribution in [3.05, 3.63) is 0 Å². The van der Waals surface area contributed by atoms with E-state index in [1.54, 1.807) is 0 Å². The molecule has 1 aliphatic carbocycles. The maximum Gasteiger partial charge on any atom is 0.138 e. The van der Waals surface area contributed by atoms with Gasteiger partial charge < -0.3 is 5.73 Å². The zero-order valence-electron chi connectivity index (χ0n) is 8.75. The number of Topliss-reactive ketones (excluding diaryl/α,β-unsaturated/α-hetero) is 1. The molecule has 0 aliphatic heterocycles. The van der Waals surface area contributed by atoms with Crippen LogP contribution in [0.25, 0.3) is 0 Å². The topological polar surface area (TPSA) is 43.1 Å². The quantitative estimate of drug-likeness (QED) is 0.727. The van der Waals surface area contributed by atoms with Gasteiger partial charge in [0, 0.05) is 11.8 Å². The largest absolute Gasteiger partial charge is 0.330 e. The predicted octanol–water partition coefficient (Wildman–Crippen LogP) is 1.98. The molecule has 76 valence electrons. The highest BCUT2D eigenvalue weighted by molar-refractivity contribution is 5.82. The monoisotopic (exact) mass is 183 g/mol. The summed E-state index contributed by atoms with van der Waals surface area (Å²) in [7, 11) is 0. The molecule has 0 unspecified atom stereocenters. The lowest BCUT2D eigenvalue weighted by Crippen LogP contribution is -2.27. The molecule has 0 heterocycles. The second-order valence-corrected chi connectivity index (χ2v) is 4.51. The van der Waals surface area contributed by atoms with Gasteiger partial charge in [-0.05, 0) is 38.1 Å². The minimum absolute atomic E-state index is 0.208. The summed E-state index contributed by atoms with van der Waals surface area (Å²) in [5, 5.41) is 0. The zero-order valence-corrected chi connectivity index (χ0v) is 8.75. The Labute approximate surface area is 80.9 Å². The average molecular weight is 183 g/mol. The molecular weight excluding hydrogens is 162 g/mol. The zero-order chi connectivity index (χ0) is 9.84. The van der Waals surface area contributed by atoms with Gasteiger partial charge in [-0.1, -0.05) is 13.8 Å². The van der Waals surface area contributed by atoms with Crippen molar-refractivity contribution in [1.29, 1.82) is 0 Å². The van der Waals surface area contributed by atoms with Gasteiger partial charge in [0.25, 0.3) is 0 Å². The highest BCUT2D eigenvalue weighted by Gasteiger charge is 2.26. The fraction of sp³-hybridized carbons (Fsp3) is 0.909. The molecular formula is C11H21NO. The average Bonchev–Trinajstić information content (AvgIpc) is 2.17. The molecule has 0 radical (unpaired) electrons. The van der Waals surface area contributed by atoms with E-state index < -0.39 is 0 Å². The number of carbonyl (C=O) groups excluding carboxylic acids is 1. The molecule has 13 heavy (non-hydrogen) atoms. The van der Waals surface area contributed by atoms with Gasteiger partial charge in [-0.2, -0.15) is 0 Å². The van der Waals surface area contributed by atoms with Crippen LogP contribution in [0.15, 0.2) is 0 Å². The molecule has 2 N–H and O–H groups in total. The van der Waals surface area contributed by atoms with Gasteiger partial charge >= 0.3 is 0 Å². The normalized spacial score (nSPS) is 29.2. The Morgan fingerprint density at radius 3 is 2.23 bits per heavy atom. The predicted molar refractivity (Wildman–Crippen MR) is 54.3 cm³/mol. The van der Waals surface area contributed by atoms with E-state index in [4.69, 9.17) is 5.73 Å². The van der Waals surface area contributed by atoms with Crippen LogP contribution in [0.5, 0.6) is 0 Å². The minimum atomic E-state index is 0.208. The van der Waals surface area contributed by atoms with Gasteiger partial charge in [-0.15, -0.1) is 0 Å². The van der Waals surface area contributed by atoms with Crippen molar-refractivity contribution >= 4 is 5.78 Å². The smallest absolute Gasteiger partial charge is 0.138 e. The molecule has 2 nitrogen and oxygen atoms in total. The van der Waals surface area contributed by atoms with Gasteiger partial charge in [0.2, 0.25) is 0 Å². The summed E-state index contributed by atoms with van der Waals surface area (Å²) >= 11 is 0. The second kappa shape index (κ2) is 4.75. The van der Waals surface area contributed by atoms with Crippen molar-refractivity contribution in [3.63, 3.8) is 0 Å². The van der Waals surface area contributed by atoms with E-state index in [2.05, 4.69) is 0 Å². The Kier molecular flexibility index (Phi) is 3.91. The summed E-state index contributed by atoms with van der Waals surface area (Å²) in [4.78, 5) is 11.7. The minimum Gasteiger partial charge on any atom is -0.330 e. The van der Waals surface area contributed by atoms with Crippen LogP contribution in [0.1, 0.15) is 39.5 Å². The number of hydrogen-bond donors (Lipinski definition) is 1. The highest BCUT2D eigenvalue weighted by Crippen LogP contribution is 2.30. The van der Waals surface area contributed by atoms with Crippen LogP contribution in [0.3, 0.4) is 0 Å². The first-order chi connectivity index (χ1) is 6.15. The Morgan fingerprint density at radius 1 is 1.31 bits per heavy atom. The van der Waals surface area contributed by atoms with E-state index in [0.29, 0.717) is 17.6 Å². The number of hydrogen-bond acceptors (Lipinski definition) is 2. The molecule has 0 spiro atoms. The summed E-state index contributed by atoms with van der Waals surface area (Å²) in [6.07, 6.45) is 4.44. The second-order valence-electron chi connectivity index (χ2n) is 4.51. The lowest BCUT2D eigenvalue weighted by molar-refractivity contribution is -0.127. The van der Waals surface area contributed by atoms with Gasteiger partial charge in [0.05, 0.1) is 0 Å². The van der Waals surface area contributed by atoms with E-state index in [1.165, 1.54) is 0 Å². The van der Waals surface area contributed by atoms with Crippen LogP contribution >= 0.6 is 0 Å². The molecule has 0 aromatic rings. The maximum absolute atomic E-state index is 11.7. The summed E-state index contributed by atoms with van der Waals surface area (Å²) in [6.45, 7) is 4.79. The molecule has 0 aromatic carbocycles. The summed E-state index contributed by atoms with van der Waals surface area (Å²) in [5.74, 6) is 1.67. The third kappa shape index (κ3) is 2.80. The summed E-state index contributed by atoms with van der Waals surface area (Å²) in [6, 6.07) is 0. The van der Waals surface area contributed by atoms with Crippen molar-refractivity contribution in [1.82, 2.24) is 0 Å². The first-order valence-corrected chi connectivity index (χ1v) is 5.39. The number of ketones is 1. The molecule has 0 saturated heterocycles. The Bertz CT molecular complexity index is 169. The van der Waals surface area contributed by atoms with Crippen molar-refractivity contribution in [2.75, 3.05) is 6.54 Å². The Morgan fingerprint density at radius 2 is 1.85 bits per heavy atom. The van der Waals surface area contributed by atoms with Crippen molar-refractivity contribution in [3.8, 4) is 0 Å². The Balaban J connectivity index is 2.36. The Hall–Kier alpha value is -0.370. The van der Waals surface area contributed by atoms with Gasteiger partial charge in [0.15, 0.2) is 0 Å². The van der Waals surface area contributed by atoms with E-state index in [-0.39, 0.29) is 5.92 Å². The maximum atomic E-state index is 11.7. The van der Waals surface area contributed by atoms with E-state index in [0.717, 1.165) is 32.2 Å².